The Labute approximate surface area is 444 Å². The van der Waals surface area contributed by atoms with Crippen LogP contribution in [0.3, 0.4) is 0 Å². The topological polar surface area (TPSA) is 322 Å². The standard InChI is InChI=1S/C26H34N2O10.C22H26N2O10.C2HF3O/c1-26(2,3)38-21(30)9-10-34-11-12-35-13-14-36-15-16-37-19-6-4-5-17-22(19)25(33)28(24(17)32)18-7-8-20(29)27-23(18)31;25-17-5-4-15(20(28)23-17)24-21(29)14-2-1-3-16(19(14)22(24)30)34-13-12-33-11-10-32-9-8-31-7-6-18(26)27;3-2(4,5)1-6/h4-6,18H,7-16H2,1-3H3,(H,27,29,31);1-3,15H,4-13H2,(H,26,27)(H,23,25,28);1H. The molecule has 2 unspecified atom stereocenters. The van der Waals surface area contributed by atoms with Crippen LogP contribution in [-0.4, -0.2) is 197 Å². The van der Waals surface area contributed by atoms with E-state index in [2.05, 4.69) is 10.6 Å². The number of piperidine rings is 2. The molecule has 2 aromatic rings. The number of nitrogens with one attached hydrogen (secondary N) is 2. The highest BCUT2D eigenvalue weighted by atomic mass is 19.4. The van der Waals surface area contributed by atoms with Crippen molar-refractivity contribution in [1.29, 1.82) is 0 Å². The van der Waals surface area contributed by atoms with E-state index >= 15 is 0 Å². The molecule has 0 saturated carbocycles. The Morgan fingerprint density at radius 2 is 0.910 bits per heavy atom. The van der Waals surface area contributed by atoms with Gasteiger partial charge in [0.05, 0.1) is 114 Å². The number of imide groups is 4. The maximum atomic E-state index is 13.0. The molecule has 28 heteroatoms. The van der Waals surface area contributed by atoms with Crippen LogP contribution in [0.2, 0.25) is 0 Å². The molecule has 3 N–H and O–H groups in total. The Hall–Kier alpha value is -7.24. The Morgan fingerprint density at radius 3 is 1.24 bits per heavy atom. The molecule has 2 fully saturated rings. The number of hydrogen-bond donors (Lipinski definition) is 3. The number of carboxylic acid groups (broad SMARTS) is 1. The van der Waals surface area contributed by atoms with E-state index in [0.717, 1.165) is 9.80 Å². The molecule has 6 rings (SSSR count). The first-order valence-corrected chi connectivity index (χ1v) is 24.4. The molecule has 2 saturated heterocycles. The normalized spacial score (nSPS) is 17.1. The van der Waals surface area contributed by atoms with Crippen LogP contribution < -0.4 is 20.1 Å². The average Bonchev–Trinajstić information content (AvgIpc) is 3.84. The number of aldehydes is 1. The lowest BCUT2D eigenvalue weighted by Crippen LogP contribution is -2.54. The van der Waals surface area contributed by atoms with Crippen molar-refractivity contribution >= 4 is 65.5 Å². The van der Waals surface area contributed by atoms with E-state index in [9.17, 15) is 61.1 Å². The van der Waals surface area contributed by atoms with Crippen molar-refractivity contribution in [3.63, 3.8) is 0 Å². The van der Waals surface area contributed by atoms with Crippen LogP contribution in [-0.2, 0) is 66.7 Å². The van der Waals surface area contributed by atoms with Crippen LogP contribution in [0.15, 0.2) is 36.4 Å². The SMILES string of the molecule is CC(C)(C)OC(=O)CCOCCOCCOCCOc1cccc2c1C(=O)N(C1CCC(=O)NC1=O)C2=O.O=C(O)CCOCCOCCOCCOc1cccc2c1C(=O)N(C1CCC(=O)NC1=O)C2=O.O=CC(F)(F)F. The fourth-order valence-electron chi connectivity index (χ4n) is 7.42. The number of carbonyl (C=O) groups is 11. The van der Waals surface area contributed by atoms with Crippen molar-refractivity contribution < 1.29 is 114 Å². The van der Waals surface area contributed by atoms with Crippen molar-refractivity contribution in [2.24, 2.45) is 0 Å². The third kappa shape index (κ3) is 20.3. The fraction of sp³-hybridized carbons (Fsp3) is 0.540. The summed E-state index contributed by atoms with van der Waals surface area (Å²) in [6.45, 7) is 9.06. The Kier molecular flexibility index (Phi) is 25.3. The van der Waals surface area contributed by atoms with Gasteiger partial charge in [0.15, 0.2) is 0 Å². The number of benzene rings is 2. The minimum atomic E-state index is -4.64. The van der Waals surface area contributed by atoms with Gasteiger partial charge in [0.1, 0.15) is 42.4 Å². The predicted molar refractivity (Wildman–Crippen MR) is 257 cm³/mol. The van der Waals surface area contributed by atoms with Crippen molar-refractivity contribution in [3.05, 3.63) is 58.7 Å². The zero-order valence-electron chi connectivity index (χ0n) is 43.0. The quantitative estimate of drug-likeness (QED) is 0.0475. The molecule has 0 aromatic heterocycles. The van der Waals surface area contributed by atoms with Gasteiger partial charge in [0.25, 0.3) is 23.6 Å². The van der Waals surface area contributed by atoms with Gasteiger partial charge >= 0.3 is 18.1 Å². The zero-order chi connectivity index (χ0) is 57.4. The van der Waals surface area contributed by atoms with Gasteiger partial charge in [-0.05, 0) is 57.9 Å². The maximum absolute atomic E-state index is 13.0. The summed E-state index contributed by atoms with van der Waals surface area (Å²) in [7, 11) is 0. The second-order valence-electron chi connectivity index (χ2n) is 17.8. The van der Waals surface area contributed by atoms with E-state index in [1.807, 2.05) is 20.8 Å². The number of rotatable bonds is 28. The summed E-state index contributed by atoms with van der Waals surface area (Å²) in [4.78, 5) is 131. The van der Waals surface area contributed by atoms with Gasteiger partial charge < -0.3 is 47.7 Å². The van der Waals surface area contributed by atoms with Crippen LogP contribution in [0.5, 0.6) is 11.5 Å². The first kappa shape index (κ1) is 63.3. The molecule has 428 valence electrons. The van der Waals surface area contributed by atoms with Gasteiger partial charge in [-0.1, -0.05) is 12.1 Å². The summed E-state index contributed by atoms with van der Waals surface area (Å²) in [5, 5.41) is 12.8. The summed E-state index contributed by atoms with van der Waals surface area (Å²) in [5.74, 6) is -5.44. The van der Waals surface area contributed by atoms with E-state index in [1.165, 1.54) is 12.1 Å². The zero-order valence-corrected chi connectivity index (χ0v) is 43.0. The predicted octanol–water partition coefficient (Wildman–Crippen LogP) is 1.99. The third-order valence-corrected chi connectivity index (χ3v) is 10.8. The smallest absolute Gasteiger partial charge is 0.446 e. The average molecular weight is 1110 g/mol. The van der Waals surface area contributed by atoms with Gasteiger partial charge in [-0.15, -0.1) is 0 Å². The number of carboxylic acids is 1. The van der Waals surface area contributed by atoms with Gasteiger partial charge in [0.2, 0.25) is 29.9 Å². The number of hydrogen-bond acceptors (Lipinski definition) is 20. The summed E-state index contributed by atoms with van der Waals surface area (Å²) >= 11 is 0. The third-order valence-electron chi connectivity index (χ3n) is 10.8. The van der Waals surface area contributed by atoms with E-state index < -0.39 is 83.4 Å². The van der Waals surface area contributed by atoms with Crippen LogP contribution >= 0.6 is 0 Å². The summed E-state index contributed by atoms with van der Waals surface area (Å²) in [6, 6.07) is 7.24. The molecule has 78 heavy (non-hydrogen) atoms. The maximum Gasteiger partial charge on any atom is 0.446 e. The number of nitrogens with zero attached hydrogens (tertiary/aromatic N) is 2. The minimum Gasteiger partial charge on any atom is -0.490 e. The Balaban J connectivity index is 0.000000306. The highest BCUT2D eigenvalue weighted by molar-refractivity contribution is 6.25. The van der Waals surface area contributed by atoms with Crippen LogP contribution in [0.4, 0.5) is 13.2 Å². The molecule has 25 nitrogen and oxygen atoms in total. The molecule has 2 atom stereocenters. The summed E-state index contributed by atoms with van der Waals surface area (Å²) in [5.41, 5.74) is -0.0329. The van der Waals surface area contributed by atoms with Crippen molar-refractivity contribution in [2.45, 2.75) is 83.2 Å². The van der Waals surface area contributed by atoms with E-state index in [0.29, 0.717) is 46.2 Å². The monoisotopic (exact) mass is 1110 g/mol. The van der Waals surface area contributed by atoms with Crippen LogP contribution in [0.1, 0.15) is 101 Å². The van der Waals surface area contributed by atoms with Crippen molar-refractivity contribution in [3.8, 4) is 11.5 Å². The minimum absolute atomic E-state index is 0.0476. The number of alkyl halides is 3. The molecule has 0 radical (unpaired) electrons. The lowest BCUT2D eigenvalue weighted by Gasteiger charge is -2.27. The molecule has 0 aliphatic carbocycles. The van der Waals surface area contributed by atoms with E-state index in [4.69, 9.17) is 52.5 Å². The number of esters is 1. The van der Waals surface area contributed by atoms with Gasteiger partial charge in [-0.2, -0.15) is 13.2 Å². The molecular weight excluding hydrogens is 1050 g/mol. The van der Waals surface area contributed by atoms with Crippen LogP contribution in [0, 0.1) is 0 Å². The second kappa shape index (κ2) is 31.2. The van der Waals surface area contributed by atoms with Crippen LogP contribution in [0.25, 0.3) is 0 Å². The summed E-state index contributed by atoms with van der Waals surface area (Å²) < 4.78 is 79.8. The van der Waals surface area contributed by atoms with E-state index in [-0.39, 0.29) is 124 Å². The molecule has 4 aliphatic rings. The summed E-state index contributed by atoms with van der Waals surface area (Å²) in [6.07, 6.45) is -5.31. The second-order valence-corrected chi connectivity index (χ2v) is 17.8. The molecular formula is C50H61F3N4O21. The van der Waals surface area contributed by atoms with E-state index in [1.54, 1.807) is 24.3 Å². The van der Waals surface area contributed by atoms with Gasteiger partial charge in [-0.25, -0.2) is 0 Å². The molecule has 4 heterocycles. The molecule has 2 aromatic carbocycles. The highest BCUT2D eigenvalue weighted by Gasteiger charge is 2.47. The molecule has 8 amide bonds. The number of ether oxygens (including phenoxy) is 9. The van der Waals surface area contributed by atoms with Gasteiger partial charge in [0, 0.05) is 12.8 Å². The molecule has 0 spiro atoms. The van der Waals surface area contributed by atoms with Crippen molar-refractivity contribution in [1.82, 2.24) is 20.4 Å². The Morgan fingerprint density at radius 1 is 0.564 bits per heavy atom. The van der Waals surface area contributed by atoms with Gasteiger partial charge in [-0.3, -0.25) is 73.2 Å². The van der Waals surface area contributed by atoms with Crippen molar-refractivity contribution in [2.75, 3.05) is 92.5 Å². The first-order chi connectivity index (χ1) is 37.0. The lowest BCUT2D eigenvalue weighted by atomic mass is 10.0. The largest absolute Gasteiger partial charge is 0.490 e. The number of fused-ring (bicyclic) bond motifs is 2. The first-order valence-electron chi connectivity index (χ1n) is 24.4. The molecule has 4 aliphatic heterocycles. The molecule has 0 bridgehead atoms. The Bertz CT molecular complexity index is 2480. The fourth-order valence-corrected chi connectivity index (χ4v) is 7.42. The number of halogens is 3. The number of aliphatic carboxylic acids is 1. The lowest BCUT2D eigenvalue weighted by molar-refractivity contribution is -0.156. The number of amides is 8. The number of carbonyl (C=O) groups excluding carboxylic acids is 10. The highest BCUT2D eigenvalue weighted by Crippen LogP contribution is 2.35.